The van der Waals surface area contributed by atoms with E-state index in [1.54, 1.807) is 24.3 Å². The Kier molecular flexibility index (Phi) is 4.11. The van der Waals surface area contributed by atoms with E-state index >= 15 is 0 Å². The van der Waals surface area contributed by atoms with Gasteiger partial charge >= 0.3 is 0 Å². The summed E-state index contributed by atoms with van der Waals surface area (Å²) in [6.45, 7) is 0. The zero-order valence-corrected chi connectivity index (χ0v) is 11.5. The van der Waals surface area contributed by atoms with E-state index in [9.17, 15) is 10.1 Å². The molecule has 0 spiro atoms. The molecule has 6 nitrogen and oxygen atoms in total. The molecule has 0 fully saturated rings. The van der Waals surface area contributed by atoms with E-state index in [1.807, 2.05) is 6.07 Å². The van der Waals surface area contributed by atoms with Crippen LogP contribution in [0.3, 0.4) is 0 Å². The predicted octanol–water partition coefficient (Wildman–Crippen LogP) is 3.05. The van der Waals surface area contributed by atoms with Crippen LogP contribution < -0.4 is 5.73 Å². The fraction of sp³-hybridized carbons (Fsp3) is 0. The summed E-state index contributed by atoms with van der Waals surface area (Å²) in [4.78, 5) is 10.1. The second kappa shape index (κ2) is 5.98. The number of non-ortho nitro benzene ring substituents is 1. The lowest BCUT2D eigenvalue weighted by Gasteiger charge is -1.97. The number of thiocarbonyl (C=S) groups is 1. The lowest BCUT2D eigenvalue weighted by Crippen LogP contribution is -2.09. The maximum atomic E-state index is 10.6. The molecule has 0 saturated heterocycles. The number of nitro benzene ring substituents is 1. The molecule has 0 unspecified atom stereocenters. The van der Waals surface area contributed by atoms with Crippen molar-refractivity contribution in [2.75, 3.05) is 0 Å². The van der Waals surface area contributed by atoms with Gasteiger partial charge in [-0.1, -0.05) is 12.2 Å². The van der Waals surface area contributed by atoms with Crippen molar-refractivity contribution in [1.82, 2.24) is 0 Å². The molecule has 2 rings (SSSR count). The number of hydrogen-bond acceptors (Lipinski definition) is 5. The first-order valence-corrected chi connectivity index (χ1v) is 6.18. The van der Waals surface area contributed by atoms with Gasteiger partial charge in [-0.3, -0.25) is 10.1 Å². The summed E-state index contributed by atoms with van der Waals surface area (Å²) in [5, 5.41) is 19.5. The molecule has 1 heterocycles. The number of nitriles is 1. The molecule has 7 heteroatoms. The van der Waals surface area contributed by atoms with Crippen molar-refractivity contribution in [1.29, 1.82) is 5.26 Å². The molecule has 0 amide bonds. The van der Waals surface area contributed by atoms with Crippen molar-refractivity contribution in [2.45, 2.75) is 0 Å². The molecule has 0 radical (unpaired) electrons. The fourth-order valence-corrected chi connectivity index (χ4v) is 1.74. The van der Waals surface area contributed by atoms with E-state index in [0.717, 1.165) is 0 Å². The number of nitro groups is 1. The van der Waals surface area contributed by atoms with E-state index in [-0.39, 0.29) is 16.2 Å². The van der Waals surface area contributed by atoms with Crippen LogP contribution in [-0.2, 0) is 0 Å². The van der Waals surface area contributed by atoms with Gasteiger partial charge in [-0.15, -0.1) is 0 Å². The predicted molar refractivity (Wildman–Crippen MR) is 81.2 cm³/mol. The van der Waals surface area contributed by atoms with E-state index < -0.39 is 4.92 Å². The monoisotopic (exact) mass is 299 g/mol. The topological polar surface area (TPSA) is 106 Å². The minimum Gasteiger partial charge on any atom is -0.457 e. The van der Waals surface area contributed by atoms with Gasteiger partial charge < -0.3 is 10.2 Å². The number of hydrogen-bond donors (Lipinski definition) is 1. The van der Waals surface area contributed by atoms with Gasteiger partial charge in [0.25, 0.3) is 5.69 Å². The Morgan fingerprint density at radius 3 is 2.52 bits per heavy atom. The number of nitrogens with two attached hydrogens (primary N) is 1. The van der Waals surface area contributed by atoms with Crippen molar-refractivity contribution in [2.24, 2.45) is 5.73 Å². The third-order valence-corrected chi connectivity index (χ3v) is 2.88. The lowest BCUT2D eigenvalue weighted by molar-refractivity contribution is -0.384. The molecular formula is C14H9N3O3S. The molecule has 2 N–H and O–H groups in total. The smallest absolute Gasteiger partial charge is 0.269 e. The van der Waals surface area contributed by atoms with Gasteiger partial charge in [0.15, 0.2) is 0 Å². The average Bonchev–Trinajstić information content (AvgIpc) is 2.93. The highest BCUT2D eigenvalue weighted by molar-refractivity contribution is 7.80. The number of furan rings is 1. The van der Waals surface area contributed by atoms with Crippen molar-refractivity contribution in [3.63, 3.8) is 0 Å². The van der Waals surface area contributed by atoms with Crippen LogP contribution in [0.5, 0.6) is 0 Å². The SMILES string of the molecule is N#C/C(=C/c1ccc(-c2ccc([N+](=O)[O-])cc2)o1)C(N)=S. The fourth-order valence-electron chi connectivity index (χ4n) is 1.63. The Bertz CT molecular complexity index is 770. The molecule has 1 aromatic carbocycles. The Balaban J connectivity index is 2.30. The quantitative estimate of drug-likeness (QED) is 0.306. The van der Waals surface area contributed by atoms with Crippen LogP contribution in [0.15, 0.2) is 46.4 Å². The first-order chi connectivity index (χ1) is 10.0. The van der Waals surface area contributed by atoms with Crippen LogP contribution in [-0.4, -0.2) is 9.91 Å². The van der Waals surface area contributed by atoms with Crippen LogP contribution in [0.25, 0.3) is 17.4 Å². The van der Waals surface area contributed by atoms with E-state index in [0.29, 0.717) is 17.1 Å². The van der Waals surface area contributed by atoms with Gasteiger partial charge in [-0.05, 0) is 24.3 Å². The molecule has 0 aliphatic rings. The molecule has 0 aliphatic heterocycles. The highest BCUT2D eigenvalue weighted by Crippen LogP contribution is 2.25. The Labute approximate surface area is 125 Å². The van der Waals surface area contributed by atoms with Crippen molar-refractivity contribution in [3.05, 3.63) is 57.8 Å². The van der Waals surface area contributed by atoms with Crippen molar-refractivity contribution < 1.29 is 9.34 Å². The second-order valence-electron chi connectivity index (χ2n) is 4.04. The van der Waals surface area contributed by atoms with Gasteiger partial charge in [0, 0.05) is 23.8 Å². The Morgan fingerprint density at radius 1 is 1.33 bits per heavy atom. The first kappa shape index (κ1) is 14.4. The Hall–Kier alpha value is -2.98. The number of rotatable bonds is 4. The van der Waals surface area contributed by atoms with Crippen molar-refractivity contribution >= 4 is 29.0 Å². The third kappa shape index (κ3) is 3.32. The third-order valence-electron chi connectivity index (χ3n) is 2.66. The molecule has 0 saturated carbocycles. The molecule has 2 aromatic rings. The van der Waals surface area contributed by atoms with Gasteiger partial charge in [0.1, 0.15) is 22.6 Å². The zero-order valence-electron chi connectivity index (χ0n) is 10.6. The van der Waals surface area contributed by atoms with Gasteiger partial charge in [0.05, 0.1) is 10.5 Å². The molecule has 1 aromatic heterocycles. The number of nitrogens with zero attached hydrogens (tertiary/aromatic N) is 2. The highest BCUT2D eigenvalue weighted by Gasteiger charge is 2.08. The summed E-state index contributed by atoms with van der Waals surface area (Å²) >= 11 is 4.74. The second-order valence-corrected chi connectivity index (χ2v) is 4.48. The van der Waals surface area contributed by atoms with E-state index in [2.05, 4.69) is 0 Å². The molecule has 0 bridgehead atoms. The summed E-state index contributed by atoms with van der Waals surface area (Å²) < 4.78 is 5.54. The zero-order chi connectivity index (χ0) is 15.4. The summed E-state index contributed by atoms with van der Waals surface area (Å²) in [5.74, 6) is 0.948. The Morgan fingerprint density at radius 2 is 2.00 bits per heavy atom. The van der Waals surface area contributed by atoms with Crippen LogP contribution in [0, 0.1) is 21.4 Å². The summed E-state index contributed by atoms with van der Waals surface area (Å²) in [7, 11) is 0. The molecule has 0 atom stereocenters. The standard InChI is InChI=1S/C14H9N3O3S/c15-8-10(14(16)21)7-12-5-6-13(20-12)9-1-3-11(4-2-9)17(18)19/h1-7H,(H2,16,21)/b10-7-. The molecular weight excluding hydrogens is 290 g/mol. The highest BCUT2D eigenvalue weighted by atomic mass is 32.1. The van der Waals surface area contributed by atoms with E-state index in [1.165, 1.54) is 18.2 Å². The first-order valence-electron chi connectivity index (χ1n) is 5.77. The maximum absolute atomic E-state index is 10.6. The molecule has 0 aliphatic carbocycles. The van der Waals surface area contributed by atoms with Crippen LogP contribution in [0.1, 0.15) is 5.76 Å². The average molecular weight is 299 g/mol. The largest absolute Gasteiger partial charge is 0.457 e. The van der Waals surface area contributed by atoms with Crippen LogP contribution in [0.2, 0.25) is 0 Å². The summed E-state index contributed by atoms with van der Waals surface area (Å²) in [5.41, 5.74) is 6.24. The summed E-state index contributed by atoms with van der Waals surface area (Å²) in [6.07, 6.45) is 1.44. The van der Waals surface area contributed by atoms with Gasteiger partial charge in [0.2, 0.25) is 0 Å². The maximum Gasteiger partial charge on any atom is 0.269 e. The molecule has 104 valence electrons. The van der Waals surface area contributed by atoms with Crippen molar-refractivity contribution in [3.8, 4) is 17.4 Å². The lowest BCUT2D eigenvalue weighted by atomic mass is 10.1. The minimum absolute atomic E-state index is 0.00525. The number of benzene rings is 1. The van der Waals surface area contributed by atoms with Crippen LogP contribution in [0.4, 0.5) is 5.69 Å². The summed E-state index contributed by atoms with van der Waals surface area (Å²) in [6, 6.07) is 11.2. The minimum atomic E-state index is -0.471. The van der Waals surface area contributed by atoms with Crippen LogP contribution >= 0.6 is 12.2 Å². The normalized spacial score (nSPS) is 10.9. The van der Waals surface area contributed by atoms with Gasteiger partial charge in [-0.2, -0.15) is 5.26 Å². The van der Waals surface area contributed by atoms with E-state index in [4.69, 9.17) is 27.6 Å². The van der Waals surface area contributed by atoms with Gasteiger partial charge in [-0.25, -0.2) is 0 Å². The molecule has 21 heavy (non-hydrogen) atoms.